The summed E-state index contributed by atoms with van der Waals surface area (Å²) in [5.41, 5.74) is 8.54. The molecule has 1 amide bonds. The Morgan fingerprint density at radius 2 is 2.05 bits per heavy atom. The molecule has 0 aliphatic carbocycles. The first-order valence-corrected chi connectivity index (χ1v) is 7.59. The molecule has 0 atom stereocenters. The van der Waals surface area contributed by atoms with Crippen LogP contribution in [0.25, 0.3) is 0 Å². The van der Waals surface area contributed by atoms with Gasteiger partial charge in [-0.3, -0.25) is 4.79 Å². The van der Waals surface area contributed by atoms with Crippen molar-refractivity contribution < 1.29 is 4.79 Å². The van der Waals surface area contributed by atoms with E-state index in [0.717, 1.165) is 22.3 Å². The second-order valence-corrected chi connectivity index (χ2v) is 5.61. The van der Waals surface area contributed by atoms with Crippen LogP contribution in [-0.2, 0) is 0 Å². The van der Waals surface area contributed by atoms with Crippen LogP contribution in [0, 0.1) is 0 Å². The maximum atomic E-state index is 12.2. The number of anilines is 3. The first kappa shape index (κ1) is 15.4. The third-order valence-electron chi connectivity index (χ3n) is 2.93. The quantitative estimate of drug-likeness (QED) is 0.718. The van der Waals surface area contributed by atoms with Crippen molar-refractivity contribution in [2.24, 2.45) is 0 Å². The van der Waals surface area contributed by atoms with Crippen molar-refractivity contribution >= 4 is 38.9 Å². The van der Waals surface area contributed by atoms with Crippen LogP contribution in [0.2, 0.25) is 0 Å². The van der Waals surface area contributed by atoms with Crippen LogP contribution in [0.4, 0.5) is 17.1 Å². The minimum absolute atomic E-state index is 0.123. The average Bonchev–Trinajstić information content (AvgIpc) is 2.46. The standard InChI is InChI=1S/C16H18BrN3O/c1-2-8-19-16(21)14-10-12(18)6-7-15(14)20-13-5-3-4-11(17)9-13/h3-7,9-10,20H,2,8,18H2,1H3,(H,19,21). The highest BCUT2D eigenvalue weighted by molar-refractivity contribution is 9.10. The molecule has 4 N–H and O–H groups in total. The zero-order valence-corrected chi connectivity index (χ0v) is 13.4. The van der Waals surface area contributed by atoms with Crippen LogP contribution in [0.5, 0.6) is 0 Å². The van der Waals surface area contributed by atoms with Crippen LogP contribution in [0.3, 0.4) is 0 Å². The molecule has 0 fully saturated rings. The number of amides is 1. The lowest BCUT2D eigenvalue weighted by molar-refractivity contribution is 0.0954. The fourth-order valence-corrected chi connectivity index (χ4v) is 2.31. The molecule has 0 saturated carbocycles. The molecule has 2 aromatic rings. The maximum absolute atomic E-state index is 12.2. The first-order chi connectivity index (χ1) is 10.1. The van der Waals surface area contributed by atoms with E-state index < -0.39 is 0 Å². The van der Waals surface area contributed by atoms with E-state index in [1.165, 1.54) is 0 Å². The Morgan fingerprint density at radius 1 is 1.24 bits per heavy atom. The van der Waals surface area contributed by atoms with Crippen molar-refractivity contribution in [1.29, 1.82) is 0 Å². The Kier molecular flexibility index (Phi) is 5.22. The molecule has 0 bridgehead atoms. The SMILES string of the molecule is CCCNC(=O)c1cc(N)ccc1Nc1cccc(Br)c1. The van der Waals surface area contributed by atoms with E-state index in [1.807, 2.05) is 37.3 Å². The van der Waals surface area contributed by atoms with Gasteiger partial charge in [0, 0.05) is 22.4 Å². The molecule has 0 unspecified atom stereocenters. The number of hydrogen-bond acceptors (Lipinski definition) is 3. The zero-order valence-electron chi connectivity index (χ0n) is 11.8. The van der Waals surface area contributed by atoms with Gasteiger partial charge in [-0.25, -0.2) is 0 Å². The maximum Gasteiger partial charge on any atom is 0.253 e. The molecule has 0 saturated heterocycles. The summed E-state index contributed by atoms with van der Waals surface area (Å²) in [6.07, 6.45) is 0.891. The molecule has 110 valence electrons. The summed E-state index contributed by atoms with van der Waals surface area (Å²) in [6, 6.07) is 13.0. The van der Waals surface area contributed by atoms with E-state index in [1.54, 1.807) is 12.1 Å². The number of benzene rings is 2. The van der Waals surface area contributed by atoms with Crippen molar-refractivity contribution in [3.05, 3.63) is 52.5 Å². The highest BCUT2D eigenvalue weighted by Crippen LogP contribution is 2.25. The average molecular weight is 348 g/mol. The summed E-state index contributed by atoms with van der Waals surface area (Å²) >= 11 is 3.43. The largest absolute Gasteiger partial charge is 0.399 e. The number of carbonyl (C=O) groups is 1. The predicted molar refractivity (Wildman–Crippen MR) is 90.9 cm³/mol. The van der Waals surface area contributed by atoms with Crippen LogP contribution in [0.15, 0.2) is 46.9 Å². The van der Waals surface area contributed by atoms with Crippen LogP contribution in [0.1, 0.15) is 23.7 Å². The van der Waals surface area contributed by atoms with Crippen molar-refractivity contribution in [2.75, 3.05) is 17.6 Å². The Labute approximate surface area is 132 Å². The molecule has 5 heteroatoms. The molecular formula is C16H18BrN3O. The smallest absolute Gasteiger partial charge is 0.253 e. The van der Waals surface area contributed by atoms with E-state index in [9.17, 15) is 4.79 Å². The third kappa shape index (κ3) is 4.23. The minimum Gasteiger partial charge on any atom is -0.399 e. The molecule has 2 rings (SSSR count). The van der Waals surface area contributed by atoms with Crippen molar-refractivity contribution in [3.8, 4) is 0 Å². The second-order valence-electron chi connectivity index (χ2n) is 4.70. The fraction of sp³-hybridized carbons (Fsp3) is 0.188. The molecule has 0 aliphatic rings. The van der Waals surface area contributed by atoms with E-state index in [4.69, 9.17) is 5.73 Å². The summed E-state index contributed by atoms with van der Waals surface area (Å²) in [7, 11) is 0. The monoisotopic (exact) mass is 347 g/mol. The first-order valence-electron chi connectivity index (χ1n) is 6.80. The number of rotatable bonds is 5. The highest BCUT2D eigenvalue weighted by Gasteiger charge is 2.11. The zero-order chi connectivity index (χ0) is 15.2. The topological polar surface area (TPSA) is 67.2 Å². The van der Waals surface area contributed by atoms with Crippen molar-refractivity contribution in [2.45, 2.75) is 13.3 Å². The Bertz CT molecular complexity index is 643. The molecule has 0 aromatic heterocycles. The fourth-order valence-electron chi connectivity index (χ4n) is 1.91. The van der Waals surface area contributed by atoms with Gasteiger partial charge in [-0.2, -0.15) is 0 Å². The van der Waals surface area contributed by atoms with Gasteiger partial charge in [0.1, 0.15) is 0 Å². The van der Waals surface area contributed by atoms with Gasteiger partial charge in [-0.1, -0.05) is 28.9 Å². The molecular weight excluding hydrogens is 330 g/mol. The van der Waals surface area contributed by atoms with E-state index in [0.29, 0.717) is 17.8 Å². The number of halogens is 1. The minimum atomic E-state index is -0.123. The number of nitrogen functional groups attached to an aromatic ring is 1. The molecule has 0 aliphatic heterocycles. The van der Waals surface area contributed by atoms with Crippen molar-refractivity contribution in [3.63, 3.8) is 0 Å². The summed E-state index contributed by atoms with van der Waals surface area (Å²) in [5.74, 6) is -0.123. The number of nitrogens with one attached hydrogen (secondary N) is 2. The van der Waals surface area contributed by atoms with Gasteiger partial charge >= 0.3 is 0 Å². The molecule has 21 heavy (non-hydrogen) atoms. The Hall–Kier alpha value is -2.01. The normalized spacial score (nSPS) is 10.2. The molecule has 2 aromatic carbocycles. The Balaban J connectivity index is 2.28. The van der Waals surface area contributed by atoms with Gasteiger partial charge in [0.25, 0.3) is 5.91 Å². The van der Waals surface area contributed by atoms with Crippen LogP contribution < -0.4 is 16.4 Å². The van der Waals surface area contributed by atoms with Gasteiger partial charge in [-0.05, 0) is 42.8 Å². The summed E-state index contributed by atoms with van der Waals surface area (Å²) in [4.78, 5) is 12.2. The number of hydrogen-bond donors (Lipinski definition) is 3. The second kappa shape index (κ2) is 7.13. The van der Waals surface area contributed by atoms with E-state index in [2.05, 4.69) is 26.6 Å². The van der Waals surface area contributed by atoms with Gasteiger partial charge < -0.3 is 16.4 Å². The lowest BCUT2D eigenvalue weighted by Crippen LogP contribution is -2.24. The lowest BCUT2D eigenvalue weighted by atomic mass is 10.1. The van der Waals surface area contributed by atoms with Gasteiger partial charge in [-0.15, -0.1) is 0 Å². The van der Waals surface area contributed by atoms with Gasteiger partial charge in [0.15, 0.2) is 0 Å². The molecule has 0 radical (unpaired) electrons. The number of carbonyl (C=O) groups excluding carboxylic acids is 1. The van der Waals surface area contributed by atoms with Crippen molar-refractivity contribution in [1.82, 2.24) is 5.32 Å². The molecule has 0 heterocycles. The van der Waals surface area contributed by atoms with E-state index >= 15 is 0 Å². The van der Waals surface area contributed by atoms with E-state index in [-0.39, 0.29) is 5.91 Å². The summed E-state index contributed by atoms with van der Waals surface area (Å²) < 4.78 is 0.972. The summed E-state index contributed by atoms with van der Waals surface area (Å²) in [5, 5.41) is 6.12. The van der Waals surface area contributed by atoms with Gasteiger partial charge in [0.05, 0.1) is 11.3 Å². The molecule has 0 spiro atoms. The predicted octanol–water partition coefficient (Wildman–Crippen LogP) is 3.91. The van der Waals surface area contributed by atoms with Gasteiger partial charge in [0.2, 0.25) is 0 Å². The highest BCUT2D eigenvalue weighted by atomic mass is 79.9. The van der Waals surface area contributed by atoms with Crippen LogP contribution >= 0.6 is 15.9 Å². The number of nitrogens with two attached hydrogens (primary N) is 1. The lowest BCUT2D eigenvalue weighted by Gasteiger charge is -2.13. The summed E-state index contributed by atoms with van der Waals surface area (Å²) in [6.45, 7) is 2.66. The molecule has 4 nitrogen and oxygen atoms in total. The van der Waals surface area contributed by atoms with Crippen LogP contribution in [-0.4, -0.2) is 12.5 Å². The third-order valence-corrected chi connectivity index (χ3v) is 3.42. The Morgan fingerprint density at radius 3 is 2.76 bits per heavy atom.